The molecule has 0 radical (unpaired) electrons. The quantitative estimate of drug-likeness (QED) is 0.468. The maximum atomic E-state index is 12.4. The number of aromatic nitrogens is 2. The second-order valence-electron chi connectivity index (χ2n) is 8.60. The van der Waals surface area contributed by atoms with Crippen LogP contribution in [0.25, 0.3) is 10.9 Å². The Morgan fingerprint density at radius 3 is 2.54 bits per heavy atom. The molecule has 1 aromatic heterocycles. The first-order valence-corrected chi connectivity index (χ1v) is 11.9. The number of carbonyl (C=O) groups is 1. The van der Waals surface area contributed by atoms with E-state index in [0.717, 1.165) is 61.3 Å². The normalized spacial score (nSPS) is 14.9. The molecule has 3 aromatic rings. The first kappa shape index (κ1) is 26.4. The van der Waals surface area contributed by atoms with Gasteiger partial charge in [0.25, 0.3) is 5.91 Å². The van der Waals surface area contributed by atoms with Crippen molar-refractivity contribution in [1.82, 2.24) is 14.9 Å². The van der Waals surface area contributed by atoms with Gasteiger partial charge in [0, 0.05) is 37.3 Å². The molecule has 0 spiro atoms. The molecule has 0 saturated carbocycles. The number of hydrogen-bond acceptors (Lipinski definition) is 8. The van der Waals surface area contributed by atoms with Gasteiger partial charge in [-0.3, -0.25) is 9.69 Å². The first-order valence-electron chi connectivity index (χ1n) is 11.9. The van der Waals surface area contributed by atoms with Crippen LogP contribution in [0.2, 0.25) is 0 Å². The standard InChI is InChI=1S/C25H28F3N5O4/c1-17-21-15-18(30-23(35)16-36-19-4-6-20(7-5-19)37-25(26,27)28)3-8-22(21)31-24(29-17)33-10-2-9-32(11-12-33)13-14-34/h3-8,15,34H,2,9-14,16H2,1H3,(H,30,35). The molecule has 0 aliphatic carbocycles. The van der Waals surface area contributed by atoms with E-state index in [9.17, 15) is 23.1 Å². The van der Waals surface area contributed by atoms with Gasteiger partial charge in [-0.1, -0.05) is 0 Å². The lowest BCUT2D eigenvalue weighted by Crippen LogP contribution is -2.33. The van der Waals surface area contributed by atoms with Crippen molar-refractivity contribution < 1.29 is 32.5 Å². The average molecular weight is 520 g/mol. The maximum absolute atomic E-state index is 12.4. The minimum Gasteiger partial charge on any atom is -0.484 e. The van der Waals surface area contributed by atoms with E-state index in [4.69, 9.17) is 14.7 Å². The molecular formula is C25H28F3N5O4. The molecule has 2 heterocycles. The van der Waals surface area contributed by atoms with Crippen LogP contribution in [-0.4, -0.2) is 78.2 Å². The number of nitrogens with one attached hydrogen (secondary N) is 1. The lowest BCUT2D eigenvalue weighted by Gasteiger charge is -2.22. The molecule has 1 amide bonds. The molecule has 0 atom stereocenters. The predicted molar refractivity (Wildman–Crippen MR) is 132 cm³/mol. The second-order valence-corrected chi connectivity index (χ2v) is 8.60. The third-order valence-corrected chi connectivity index (χ3v) is 5.87. The number of aliphatic hydroxyl groups is 1. The number of nitrogens with zero attached hydrogens (tertiary/aromatic N) is 4. The summed E-state index contributed by atoms with van der Waals surface area (Å²) in [6.45, 7) is 5.74. The van der Waals surface area contributed by atoms with Gasteiger partial charge in [0.05, 0.1) is 17.8 Å². The molecule has 0 unspecified atom stereocenters. The van der Waals surface area contributed by atoms with Crippen LogP contribution in [0.15, 0.2) is 42.5 Å². The summed E-state index contributed by atoms with van der Waals surface area (Å²) in [7, 11) is 0. The highest BCUT2D eigenvalue weighted by Crippen LogP contribution is 2.25. The van der Waals surface area contributed by atoms with Gasteiger partial charge in [0.2, 0.25) is 5.95 Å². The summed E-state index contributed by atoms with van der Waals surface area (Å²) in [6.07, 6.45) is -3.82. The fourth-order valence-corrected chi connectivity index (χ4v) is 4.10. The van der Waals surface area contributed by atoms with Crippen molar-refractivity contribution in [3.8, 4) is 11.5 Å². The van der Waals surface area contributed by atoms with Crippen molar-refractivity contribution in [3.05, 3.63) is 48.2 Å². The largest absolute Gasteiger partial charge is 0.573 e. The third kappa shape index (κ3) is 7.43. The van der Waals surface area contributed by atoms with Crippen LogP contribution in [0, 0.1) is 6.92 Å². The Hall–Kier alpha value is -3.64. The number of aliphatic hydroxyl groups excluding tert-OH is 1. The predicted octanol–water partition coefficient (Wildman–Crippen LogP) is 3.36. The Kier molecular flexibility index (Phi) is 8.29. The van der Waals surface area contributed by atoms with E-state index in [2.05, 4.69) is 19.9 Å². The van der Waals surface area contributed by atoms with Crippen LogP contribution >= 0.6 is 0 Å². The minimum absolute atomic E-state index is 0.143. The summed E-state index contributed by atoms with van der Waals surface area (Å²) in [4.78, 5) is 26.2. The molecule has 12 heteroatoms. The number of carbonyl (C=O) groups excluding carboxylic acids is 1. The molecular weight excluding hydrogens is 491 g/mol. The fraction of sp³-hybridized carbons (Fsp3) is 0.400. The number of aryl methyl sites for hydroxylation is 1. The van der Waals surface area contributed by atoms with Crippen molar-refractivity contribution in [1.29, 1.82) is 0 Å². The number of fused-ring (bicyclic) bond motifs is 1. The molecule has 1 aliphatic heterocycles. The zero-order valence-electron chi connectivity index (χ0n) is 20.3. The number of halogens is 3. The smallest absolute Gasteiger partial charge is 0.484 e. The first-order chi connectivity index (χ1) is 17.7. The van der Waals surface area contributed by atoms with E-state index in [1.54, 1.807) is 12.1 Å². The fourth-order valence-electron chi connectivity index (χ4n) is 4.10. The number of alkyl halides is 3. The lowest BCUT2D eigenvalue weighted by molar-refractivity contribution is -0.274. The lowest BCUT2D eigenvalue weighted by atomic mass is 10.1. The number of ether oxygens (including phenoxy) is 2. The highest BCUT2D eigenvalue weighted by atomic mass is 19.4. The van der Waals surface area contributed by atoms with Crippen molar-refractivity contribution in [2.75, 3.05) is 56.2 Å². The summed E-state index contributed by atoms with van der Waals surface area (Å²) in [6, 6.07) is 10.1. The summed E-state index contributed by atoms with van der Waals surface area (Å²) >= 11 is 0. The monoisotopic (exact) mass is 519 g/mol. The summed E-state index contributed by atoms with van der Waals surface area (Å²) in [5.41, 5.74) is 2.09. The molecule has 1 aliphatic rings. The van der Waals surface area contributed by atoms with Crippen LogP contribution in [0.5, 0.6) is 11.5 Å². The molecule has 1 saturated heterocycles. The van der Waals surface area contributed by atoms with Gasteiger partial charge in [-0.05, 0) is 62.4 Å². The minimum atomic E-state index is -4.78. The molecule has 198 valence electrons. The van der Waals surface area contributed by atoms with Crippen LogP contribution in [0.4, 0.5) is 24.8 Å². The third-order valence-electron chi connectivity index (χ3n) is 5.87. The maximum Gasteiger partial charge on any atom is 0.573 e. The van der Waals surface area contributed by atoms with E-state index in [1.165, 1.54) is 12.1 Å². The van der Waals surface area contributed by atoms with Crippen molar-refractivity contribution in [2.45, 2.75) is 19.7 Å². The van der Waals surface area contributed by atoms with E-state index < -0.39 is 12.3 Å². The topological polar surface area (TPSA) is 100 Å². The Balaban J connectivity index is 1.36. The van der Waals surface area contributed by atoms with Gasteiger partial charge in [-0.25, -0.2) is 9.97 Å². The Morgan fingerprint density at radius 2 is 1.81 bits per heavy atom. The van der Waals surface area contributed by atoms with Crippen molar-refractivity contribution in [2.24, 2.45) is 0 Å². The zero-order valence-corrected chi connectivity index (χ0v) is 20.3. The van der Waals surface area contributed by atoms with Gasteiger partial charge >= 0.3 is 6.36 Å². The van der Waals surface area contributed by atoms with E-state index >= 15 is 0 Å². The summed E-state index contributed by atoms with van der Waals surface area (Å²) in [5.74, 6) is 0.0866. The van der Waals surface area contributed by atoms with Crippen molar-refractivity contribution in [3.63, 3.8) is 0 Å². The number of rotatable bonds is 8. The second kappa shape index (κ2) is 11.6. The van der Waals surface area contributed by atoms with Gasteiger partial charge in [0.1, 0.15) is 11.5 Å². The highest BCUT2D eigenvalue weighted by molar-refractivity contribution is 5.95. The molecule has 2 aromatic carbocycles. The Bertz CT molecular complexity index is 1220. The Morgan fingerprint density at radius 1 is 1.05 bits per heavy atom. The van der Waals surface area contributed by atoms with E-state index in [1.807, 2.05) is 13.0 Å². The highest BCUT2D eigenvalue weighted by Gasteiger charge is 2.31. The summed E-state index contributed by atoms with van der Waals surface area (Å²) in [5, 5.41) is 12.8. The number of β-amino-alcohol motifs (C(OH)–C–C–N with tert-alkyl or cyclic N) is 1. The number of amides is 1. The molecule has 0 bridgehead atoms. The molecule has 4 rings (SSSR count). The molecule has 1 fully saturated rings. The Labute approximate surface area is 211 Å². The van der Waals surface area contributed by atoms with Gasteiger partial charge < -0.3 is 24.8 Å². The molecule has 37 heavy (non-hydrogen) atoms. The average Bonchev–Trinajstić information content (AvgIpc) is 3.09. The number of anilines is 2. The summed E-state index contributed by atoms with van der Waals surface area (Å²) < 4.78 is 45.9. The van der Waals surface area contributed by atoms with Crippen LogP contribution < -0.4 is 19.7 Å². The van der Waals surface area contributed by atoms with Crippen LogP contribution in [0.1, 0.15) is 12.1 Å². The number of hydrogen-bond donors (Lipinski definition) is 2. The van der Waals surface area contributed by atoms with Crippen molar-refractivity contribution >= 4 is 28.4 Å². The number of benzene rings is 2. The van der Waals surface area contributed by atoms with Gasteiger partial charge in [-0.15, -0.1) is 13.2 Å². The van der Waals surface area contributed by atoms with Crippen LogP contribution in [-0.2, 0) is 4.79 Å². The molecule has 9 nitrogen and oxygen atoms in total. The van der Waals surface area contributed by atoms with E-state index in [-0.39, 0.29) is 24.7 Å². The van der Waals surface area contributed by atoms with Gasteiger partial charge in [-0.2, -0.15) is 0 Å². The van der Waals surface area contributed by atoms with Crippen LogP contribution in [0.3, 0.4) is 0 Å². The van der Waals surface area contributed by atoms with Gasteiger partial charge in [0.15, 0.2) is 6.61 Å². The SMILES string of the molecule is Cc1nc(N2CCCN(CCO)CC2)nc2ccc(NC(=O)COc3ccc(OC(F)(F)F)cc3)cc12. The van der Waals surface area contributed by atoms with E-state index in [0.29, 0.717) is 18.2 Å². The molecule has 2 N–H and O–H groups in total. The zero-order chi connectivity index (χ0) is 26.4.